The van der Waals surface area contributed by atoms with Crippen LogP contribution in [0.3, 0.4) is 0 Å². The van der Waals surface area contributed by atoms with E-state index in [9.17, 15) is 13.2 Å². The molecule has 1 heterocycles. The van der Waals surface area contributed by atoms with Crippen molar-refractivity contribution in [3.05, 3.63) is 22.2 Å². The van der Waals surface area contributed by atoms with Gasteiger partial charge in [0.25, 0.3) is 0 Å². The Hall–Kier alpha value is -0.820. The summed E-state index contributed by atoms with van der Waals surface area (Å²) in [5.74, 6) is 0. The number of rotatable bonds is 0. The van der Waals surface area contributed by atoms with Crippen molar-refractivity contribution in [2.24, 2.45) is 0 Å². The predicted molar refractivity (Wildman–Crippen MR) is 56.7 cm³/mol. The minimum absolute atomic E-state index is 0.00569. The Morgan fingerprint density at radius 3 is 2.60 bits per heavy atom. The van der Waals surface area contributed by atoms with Crippen molar-refractivity contribution < 1.29 is 13.2 Å². The number of anilines is 1. The van der Waals surface area contributed by atoms with Crippen molar-refractivity contribution in [2.45, 2.75) is 6.18 Å². The monoisotopic (exact) mass is 296 g/mol. The fourth-order valence-electron chi connectivity index (χ4n) is 1.18. The lowest BCUT2D eigenvalue weighted by Gasteiger charge is -2.08. The van der Waals surface area contributed by atoms with E-state index in [1.807, 2.05) is 0 Å². The second-order valence-corrected chi connectivity index (χ2v) is 4.77. The molecule has 0 bridgehead atoms. The highest BCUT2D eigenvalue weighted by Crippen LogP contribution is 2.38. The summed E-state index contributed by atoms with van der Waals surface area (Å²) >= 11 is 4.04. The number of fused-ring (bicyclic) bond motifs is 1. The lowest BCUT2D eigenvalue weighted by molar-refractivity contribution is -0.138. The van der Waals surface area contributed by atoms with E-state index >= 15 is 0 Å². The van der Waals surface area contributed by atoms with Gasteiger partial charge in [-0.2, -0.15) is 13.2 Å². The summed E-state index contributed by atoms with van der Waals surface area (Å²) in [4.78, 5) is 3.80. The number of hydrogen-bond acceptors (Lipinski definition) is 3. The molecule has 2 nitrogen and oxygen atoms in total. The van der Waals surface area contributed by atoms with E-state index in [4.69, 9.17) is 5.73 Å². The highest BCUT2D eigenvalue weighted by molar-refractivity contribution is 9.10. The maximum absolute atomic E-state index is 12.5. The molecule has 1 aromatic heterocycles. The molecule has 0 unspecified atom stereocenters. The third-order valence-electron chi connectivity index (χ3n) is 1.80. The lowest BCUT2D eigenvalue weighted by Crippen LogP contribution is -2.05. The maximum atomic E-state index is 12.5. The Labute approximate surface area is 95.0 Å². The van der Waals surface area contributed by atoms with Gasteiger partial charge in [-0.1, -0.05) is 27.3 Å². The smallest absolute Gasteiger partial charge is 0.375 e. The largest absolute Gasteiger partial charge is 0.417 e. The van der Waals surface area contributed by atoms with Crippen molar-refractivity contribution in [1.29, 1.82) is 0 Å². The van der Waals surface area contributed by atoms with Crippen LogP contribution >= 0.6 is 27.3 Å². The standard InChI is InChI=1S/C8H4BrF3N2S/c9-4-2-6-5(14-7(13)15-6)1-3(4)8(10,11)12/h1-2H,(H2,13,14). The summed E-state index contributed by atoms with van der Waals surface area (Å²) in [6, 6.07) is 2.37. The van der Waals surface area contributed by atoms with Crippen molar-refractivity contribution >= 4 is 42.6 Å². The van der Waals surface area contributed by atoms with Crippen LogP contribution in [0, 0.1) is 0 Å². The summed E-state index contributed by atoms with van der Waals surface area (Å²) in [6.07, 6.45) is -4.38. The van der Waals surface area contributed by atoms with Gasteiger partial charge in [0.1, 0.15) is 0 Å². The first kappa shape index (κ1) is 10.7. The van der Waals surface area contributed by atoms with Crippen LogP contribution in [0.25, 0.3) is 10.2 Å². The molecule has 0 saturated carbocycles. The fourth-order valence-corrected chi connectivity index (χ4v) is 2.66. The third kappa shape index (κ3) is 1.93. The van der Waals surface area contributed by atoms with Crippen molar-refractivity contribution in [3.8, 4) is 0 Å². The Morgan fingerprint density at radius 1 is 1.33 bits per heavy atom. The van der Waals surface area contributed by atoms with Crippen LogP contribution in [0.2, 0.25) is 0 Å². The summed E-state index contributed by atoms with van der Waals surface area (Å²) in [5.41, 5.74) is 4.95. The van der Waals surface area contributed by atoms with E-state index in [-0.39, 0.29) is 15.1 Å². The molecule has 0 atom stereocenters. The number of aromatic nitrogens is 1. The highest BCUT2D eigenvalue weighted by atomic mass is 79.9. The zero-order valence-corrected chi connectivity index (χ0v) is 9.50. The lowest BCUT2D eigenvalue weighted by atomic mass is 10.2. The van der Waals surface area contributed by atoms with E-state index in [1.54, 1.807) is 0 Å². The molecule has 7 heteroatoms. The van der Waals surface area contributed by atoms with E-state index in [1.165, 1.54) is 6.07 Å². The van der Waals surface area contributed by atoms with Crippen molar-refractivity contribution in [1.82, 2.24) is 4.98 Å². The molecule has 0 amide bonds. The molecule has 0 radical (unpaired) electrons. The summed E-state index contributed by atoms with van der Waals surface area (Å²) < 4.78 is 38.1. The van der Waals surface area contributed by atoms with E-state index in [0.717, 1.165) is 17.4 Å². The predicted octanol–water partition coefficient (Wildman–Crippen LogP) is 3.66. The number of nitrogens with two attached hydrogens (primary N) is 1. The summed E-state index contributed by atoms with van der Waals surface area (Å²) in [5, 5.41) is 0.260. The van der Waals surface area contributed by atoms with E-state index in [0.29, 0.717) is 4.70 Å². The first-order chi connectivity index (χ1) is 6.88. The Morgan fingerprint density at radius 2 is 2.00 bits per heavy atom. The molecule has 0 fully saturated rings. The van der Waals surface area contributed by atoms with Crippen LogP contribution in [-0.2, 0) is 6.18 Å². The van der Waals surface area contributed by atoms with Gasteiger partial charge < -0.3 is 5.73 Å². The Kier molecular flexibility index (Phi) is 2.38. The molecule has 0 aliphatic carbocycles. The van der Waals surface area contributed by atoms with Crippen molar-refractivity contribution in [2.75, 3.05) is 5.73 Å². The minimum atomic E-state index is -4.38. The quantitative estimate of drug-likeness (QED) is 0.806. The normalized spacial score (nSPS) is 12.3. The van der Waals surface area contributed by atoms with Crippen LogP contribution < -0.4 is 5.73 Å². The van der Waals surface area contributed by atoms with Gasteiger partial charge in [-0.15, -0.1) is 0 Å². The number of hydrogen-bond donors (Lipinski definition) is 1. The average molecular weight is 297 g/mol. The van der Waals surface area contributed by atoms with Gasteiger partial charge in [-0.05, 0) is 12.1 Å². The van der Waals surface area contributed by atoms with Crippen LogP contribution in [0.5, 0.6) is 0 Å². The molecule has 0 spiro atoms. The topological polar surface area (TPSA) is 38.9 Å². The molecular weight excluding hydrogens is 293 g/mol. The van der Waals surface area contributed by atoms with E-state index < -0.39 is 11.7 Å². The molecule has 2 aromatic rings. The van der Waals surface area contributed by atoms with Gasteiger partial charge in [-0.25, -0.2) is 4.98 Å². The first-order valence-electron chi connectivity index (χ1n) is 3.80. The molecular formula is C8H4BrF3N2S. The molecule has 15 heavy (non-hydrogen) atoms. The maximum Gasteiger partial charge on any atom is 0.417 e. The number of alkyl halides is 3. The molecule has 2 rings (SSSR count). The zero-order chi connectivity index (χ0) is 11.2. The number of halogens is 4. The second kappa shape index (κ2) is 3.34. The first-order valence-corrected chi connectivity index (χ1v) is 5.41. The Balaban J connectivity index is 2.72. The van der Waals surface area contributed by atoms with Gasteiger partial charge in [0.15, 0.2) is 5.13 Å². The second-order valence-electron chi connectivity index (χ2n) is 2.85. The van der Waals surface area contributed by atoms with Gasteiger partial charge in [-0.3, -0.25) is 0 Å². The van der Waals surface area contributed by atoms with Crippen LogP contribution in [-0.4, -0.2) is 4.98 Å². The van der Waals surface area contributed by atoms with Gasteiger partial charge >= 0.3 is 6.18 Å². The van der Waals surface area contributed by atoms with Gasteiger partial charge in [0, 0.05) is 4.47 Å². The van der Waals surface area contributed by atoms with Crippen LogP contribution in [0.4, 0.5) is 18.3 Å². The number of nitrogens with zero attached hydrogens (tertiary/aromatic N) is 1. The zero-order valence-electron chi connectivity index (χ0n) is 7.10. The molecule has 2 N–H and O–H groups in total. The number of nitrogen functional groups attached to an aromatic ring is 1. The summed E-state index contributed by atoms with van der Waals surface area (Å²) in [6.45, 7) is 0. The molecule has 0 saturated heterocycles. The van der Waals surface area contributed by atoms with Gasteiger partial charge in [0.2, 0.25) is 0 Å². The summed E-state index contributed by atoms with van der Waals surface area (Å²) in [7, 11) is 0. The molecule has 0 aliphatic heterocycles. The molecule has 0 aliphatic rings. The Bertz CT molecular complexity index is 520. The van der Waals surface area contributed by atoms with Crippen LogP contribution in [0.1, 0.15) is 5.56 Å². The number of benzene rings is 1. The van der Waals surface area contributed by atoms with Gasteiger partial charge in [0.05, 0.1) is 15.8 Å². The molecule has 80 valence electrons. The minimum Gasteiger partial charge on any atom is -0.375 e. The SMILES string of the molecule is Nc1nc2cc(C(F)(F)F)c(Br)cc2s1. The van der Waals surface area contributed by atoms with E-state index in [2.05, 4.69) is 20.9 Å². The molecule has 1 aromatic carbocycles. The fraction of sp³-hybridized carbons (Fsp3) is 0.125. The van der Waals surface area contributed by atoms with Crippen molar-refractivity contribution in [3.63, 3.8) is 0 Å². The van der Waals surface area contributed by atoms with Crippen LogP contribution in [0.15, 0.2) is 16.6 Å². The third-order valence-corrected chi connectivity index (χ3v) is 3.30. The average Bonchev–Trinajstić information content (AvgIpc) is 2.40. The highest BCUT2D eigenvalue weighted by Gasteiger charge is 2.33. The number of thiazole rings is 1.